The quantitative estimate of drug-likeness (QED) is 0.302. The fraction of sp³-hybridized carbons (Fsp3) is 0.294. The third-order valence-corrected chi connectivity index (χ3v) is 5.67. The van der Waals surface area contributed by atoms with Gasteiger partial charge in [-0.1, -0.05) is 107 Å². The summed E-state index contributed by atoms with van der Waals surface area (Å²) in [5.74, 6) is -17.4. The molecule has 0 fully saturated rings. The van der Waals surface area contributed by atoms with Crippen molar-refractivity contribution in [1.29, 1.82) is 0 Å². The normalized spacial score (nSPS) is 14.3. The van der Waals surface area contributed by atoms with Crippen molar-refractivity contribution in [3.8, 4) is 0 Å². The molecule has 0 heterocycles. The van der Waals surface area contributed by atoms with Crippen LogP contribution in [-0.2, 0) is 8.67 Å². The molecule has 0 amide bonds. The van der Waals surface area contributed by atoms with Crippen LogP contribution in [0.3, 0.4) is 0 Å². The number of benzene rings is 2. The zero-order valence-electron chi connectivity index (χ0n) is 13.1. The maximum atomic E-state index is 14.6. The number of alkyl halides is 10. The van der Waals surface area contributed by atoms with Gasteiger partial charge in [-0.05, 0) is 11.1 Å². The first-order valence-corrected chi connectivity index (χ1v) is 8.72. The minimum absolute atomic E-state index is 0.705. The number of rotatable bonds is 6. The number of hydrogen-bond donors (Lipinski definition) is 0. The van der Waals surface area contributed by atoms with Gasteiger partial charge in [0.1, 0.15) is 0 Å². The van der Waals surface area contributed by atoms with E-state index in [4.69, 9.17) is 46.4 Å². The lowest BCUT2D eigenvalue weighted by molar-refractivity contribution is -0.319. The Morgan fingerprint density at radius 3 is 0.963 bits per heavy atom. The van der Waals surface area contributed by atoms with Gasteiger partial charge in [-0.15, -0.1) is 0 Å². The molecule has 0 N–H and O–H groups in total. The van der Waals surface area contributed by atoms with Crippen LogP contribution >= 0.6 is 46.4 Å². The van der Waals surface area contributed by atoms with E-state index in [9.17, 15) is 26.3 Å². The topological polar surface area (TPSA) is 0 Å². The second-order valence-corrected chi connectivity index (χ2v) is 8.26. The van der Waals surface area contributed by atoms with Gasteiger partial charge in [0.2, 0.25) is 8.67 Å². The summed E-state index contributed by atoms with van der Waals surface area (Å²) in [6.45, 7) is 0. The highest BCUT2D eigenvalue weighted by molar-refractivity contribution is 6.49. The summed E-state index contributed by atoms with van der Waals surface area (Å²) in [6.07, 6.45) is 0. The SMILES string of the molecule is FC(F)(C(Cl)(Cl)c1ccccc1)C(F)(F)C(F)(F)C(Cl)(Cl)c1ccccc1. The van der Waals surface area contributed by atoms with E-state index in [1.165, 1.54) is 36.4 Å². The molecule has 0 aliphatic rings. The first kappa shape index (κ1) is 22.5. The summed E-state index contributed by atoms with van der Waals surface area (Å²) in [5.41, 5.74) is -1.41. The van der Waals surface area contributed by atoms with Crippen molar-refractivity contribution in [2.45, 2.75) is 26.4 Å². The molecule has 0 radical (unpaired) electrons. The molecule has 0 spiro atoms. The van der Waals surface area contributed by atoms with Crippen molar-refractivity contribution < 1.29 is 26.3 Å². The van der Waals surface area contributed by atoms with Crippen molar-refractivity contribution in [2.75, 3.05) is 0 Å². The van der Waals surface area contributed by atoms with Crippen LogP contribution in [0.2, 0.25) is 0 Å². The number of halogens is 10. The lowest BCUT2D eigenvalue weighted by Gasteiger charge is -2.42. The van der Waals surface area contributed by atoms with Gasteiger partial charge in [-0.3, -0.25) is 0 Å². The van der Waals surface area contributed by atoms with E-state index >= 15 is 0 Å². The van der Waals surface area contributed by atoms with Crippen molar-refractivity contribution in [2.24, 2.45) is 0 Å². The Morgan fingerprint density at radius 1 is 0.444 bits per heavy atom. The van der Waals surface area contributed by atoms with E-state index in [-0.39, 0.29) is 0 Å². The van der Waals surface area contributed by atoms with Crippen LogP contribution in [0.15, 0.2) is 60.7 Å². The zero-order valence-corrected chi connectivity index (χ0v) is 16.1. The molecule has 0 atom stereocenters. The molecule has 2 rings (SSSR count). The summed E-state index contributed by atoms with van der Waals surface area (Å²) >= 11 is 21.8. The van der Waals surface area contributed by atoms with Crippen molar-refractivity contribution in [3.05, 3.63) is 71.8 Å². The average molecular weight is 470 g/mol. The van der Waals surface area contributed by atoms with Gasteiger partial charge in [0, 0.05) is 0 Å². The summed E-state index contributed by atoms with van der Waals surface area (Å²) in [4.78, 5) is 0. The largest absolute Gasteiger partial charge is 0.378 e. The van der Waals surface area contributed by atoms with E-state index in [2.05, 4.69) is 0 Å². The Morgan fingerprint density at radius 2 is 0.704 bits per heavy atom. The molecule has 0 bridgehead atoms. The average Bonchev–Trinajstić information content (AvgIpc) is 2.62. The van der Waals surface area contributed by atoms with Crippen molar-refractivity contribution >= 4 is 46.4 Å². The fourth-order valence-electron chi connectivity index (χ4n) is 2.25. The molecule has 0 saturated heterocycles. The Balaban J connectivity index is 2.57. The van der Waals surface area contributed by atoms with Gasteiger partial charge in [-0.25, -0.2) is 0 Å². The molecule has 0 nitrogen and oxygen atoms in total. The van der Waals surface area contributed by atoms with Crippen LogP contribution < -0.4 is 0 Å². The predicted octanol–water partition coefficient (Wildman–Crippen LogP) is 7.55. The summed E-state index contributed by atoms with van der Waals surface area (Å²) in [7, 11) is 0. The minimum atomic E-state index is -6.13. The monoisotopic (exact) mass is 468 g/mol. The summed E-state index contributed by atoms with van der Waals surface area (Å²) in [6, 6.07) is 11.0. The molecular weight excluding hydrogens is 460 g/mol. The molecule has 0 saturated carbocycles. The smallest absolute Gasteiger partial charge is 0.196 e. The van der Waals surface area contributed by atoms with Gasteiger partial charge < -0.3 is 0 Å². The van der Waals surface area contributed by atoms with Gasteiger partial charge in [0.15, 0.2) is 0 Å². The van der Waals surface area contributed by atoms with Gasteiger partial charge in [-0.2, -0.15) is 26.3 Å². The molecule has 2 aromatic rings. The van der Waals surface area contributed by atoms with Crippen molar-refractivity contribution in [3.63, 3.8) is 0 Å². The maximum absolute atomic E-state index is 14.6. The lowest BCUT2D eigenvalue weighted by atomic mass is 9.92. The molecule has 0 unspecified atom stereocenters. The highest BCUT2D eigenvalue weighted by atomic mass is 35.5. The molecule has 0 aromatic heterocycles. The first-order chi connectivity index (χ1) is 12.2. The van der Waals surface area contributed by atoms with Crippen LogP contribution in [-0.4, -0.2) is 17.8 Å². The lowest BCUT2D eigenvalue weighted by Crippen LogP contribution is -2.64. The molecule has 10 heteroatoms. The maximum Gasteiger partial charge on any atom is 0.378 e. The van der Waals surface area contributed by atoms with E-state index in [1.807, 2.05) is 0 Å². The van der Waals surface area contributed by atoms with Crippen LogP contribution in [0.25, 0.3) is 0 Å². The minimum Gasteiger partial charge on any atom is -0.196 e. The molecule has 0 aliphatic heterocycles. The Kier molecular flexibility index (Phi) is 6.00. The number of hydrogen-bond acceptors (Lipinski definition) is 0. The van der Waals surface area contributed by atoms with Gasteiger partial charge >= 0.3 is 17.8 Å². The molecule has 148 valence electrons. The highest BCUT2D eigenvalue weighted by Gasteiger charge is 2.83. The van der Waals surface area contributed by atoms with Crippen LogP contribution in [0.5, 0.6) is 0 Å². The zero-order chi connectivity index (χ0) is 20.7. The molecule has 0 aliphatic carbocycles. The predicted molar refractivity (Wildman–Crippen MR) is 94.5 cm³/mol. The van der Waals surface area contributed by atoms with E-state index in [0.717, 1.165) is 24.3 Å². The van der Waals surface area contributed by atoms with E-state index in [1.54, 1.807) is 0 Å². The fourth-order valence-corrected chi connectivity index (χ4v) is 3.23. The van der Waals surface area contributed by atoms with E-state index in [0.29, 0.717) is 0 Å². The Bertz CT molecular complexity index is 713. The van der Waals surface area contributed by atoms with E-state index < -0.39 is 37.6 Å². The van der Waals surface area contributed by atoms with Crippen LogP contribution in [0, 0.1) is 0 Å². The standard InChI is InChI=1S/C17H10Cl4F6/c18-13(19,11-7-3-1-4-8-11)15(22,23)17(26,27)16(24,25)14(20,21)12-9-5-2-6-10-12/h1-10H. The Labute approximate surface area is 171 Å². The molecule has 2 aromatic carbocycles. The molecular formula is C17H10Cl4F6. The molecule has 27 heavy (non-hydrogen) atoms. The third kappa shape index (κ3) is 3.39. The van der Waals surface area contributed by atoms with Crippen molar-refractivity contribution in [1.82, 2.24) is 0 Å². The van der Waals surface area contributed by atoms with Gasteiger partial charge in [0.25, 0.3) is 0 Å². The van der Waals surface area contributed by atoms with Crippen LogP contribution in [0.1, 0.15) is 11.1 Å². The second-order valence-electron chi connectivity index (χ2n) is 5.60. The summed E-state index contributed by atoms with van der Waals surface area (Å²) < 4.78 is 80.0. The van der Waals surface area contributed by atoms with Gasteiger partial charge in [0.05, 0.1) is 0 Å². The Hall–Kier alpha value is -0.820. The third-order valence-electron chi connectivity index (χ3n) is 3.85. The van der Waals surface area contributed by atoms with Crippen LogP contribution in [0.4, 0.5) is 26.3 Å². The second kappa shape index (κ2) is 7.21. The summed E-state index contributed by atoms with van der Waals surface area (Å²) in [5, 5.41) is 0. The first-order valence-electron chi connectivity index (χ1n) is 7.21. The highest BCUT2D eigenvalue weighted by Crippen LogP contribution is 2.64.